The van der Waals surface area contributed by atoms with Gasteiger partial charge in [0.1, 0.15) is 5.75 Å². The van der Waals surface area contributed by atoms with Crippen molar-refractivity contribution in [3.63, 3.8) is 0 Å². The topological polar surface area (TPSA) is 61.9 Å². The summed E-state index contributed by atoms with van der Waals surface area (Å²) in [7, 11) is -3.46. The highest BCUT2D eigenvalue weighted by Crippen LogP contribution is 2.24. The number of ether oxygens (including phenoxy) is 1. The van der Waals surface area contributed by atoms with E-state index < -0.39 is 10.0 Å². The Hall–Kier alpha value is -2.16. The minimum Gasteiger partial charge on any atom is -0.492 e. The number of hydrogen-bond donors (Lipinski definition) is 1. The summed E-state index contributed by atoms with van der Waals surface area (Å²) in [6.07, 6.45) is 0. The molecule has 8 heteroatoms. The van der Waals surface area contributed by atoms with E-state index in [0.29, 0.717) is 42.8 Å². The fourth-order valence-corrected chi connectivity index (χ4v) is 4.65. The molecule has 27 heavy (non-hydrogen) atoms. The molecule has 1 N–H and O–H groups in total. The summed E-state index contributed by atoms with van der Waals surface area (Å²) in [5, 5.41) is 3.78. The van der Waals surface area contributed by atoms with Crippen LogP contribution in [0.5, 0.6) is 5.75 Å². The van der Waals surface area contributed by atoms with E-state index in [-0.39, 0.29) is 0 Å². The molecule has 0 bridgehead atoms. The fraction of sp³-hybridized carbons (Fsp3) is 0.316. The highest BCUT2D eigenvalue weighted by molar-refractivity contribution is 7.89. The van der Waals surface area contributed by atoms with Crippen molar-refractivity contribution in [2.45, 2.75) is 11.8 Å². The van der Waals surface area contributed by atoms with Crippen LogP contribution < -0.4 is 10.1 Å². The number of piperazine rings is 1. The third-order valence-corrected chi connectivity index (χ3v) is 6.61. The summed E-state index contributed by atoms with van der Waals surface area (Å²) >= 11 is 5.52. The predicted molar refractivity (Wildman–Crippen MR) is 111 cm³/mol. The van der Waals surface area contributed by atoms with Crippen molar-refractivity contribution in [1.82, 2.24) is 9.21 Å². The Labute approximate surface area is 165 Å². The van der Waals surface area contributed by atoms with Gasteiger partial charge in [0, 0.05) is 26.2 Å². The molecule has 144 valence electrons. The molecule has 1 fully saturated rings. The number of nitrogens with zero attached hydrogens (tertiary/aromatic N) is 2. The largest absolute Gasteiger partial charge is 0.492 e. The molecular weight excluding hydrogens is 382 g/mol. The van der Waals surface area contributed by atoms with Gasteiger partial charge in [0.05, 0.1) is 17.2 Å². The number of thiocarbonyl (C=S) groups is 1. The van der Waals surface area contributed by atoms with Gasteiger partial charge < -0.3 is 15.0 Å². The van der Waals surface area contributed by atoms with Crippen molar-refractivity contribution in [3.8, 4) is 5.75 Å². The lowest BCUT2D eigenvalue weighted by molar-refractivity contribution is 0.268. The molecule has 1 aliphatic rings. The van der Waals surface area contributed by atoms with E-state index in [9.17, 15) is 8.42 Å². The van der Waals surface area contributed by atoms with Crippen LogP contribution in [-0.2, 0) is 10.0 Å². The van der Waals surface area contributed by atoms with Crippen LogP contribution in [0.15, 0.2) is 59.5 Å². The number of nitrogens with one attached hydrogen (secondary N) is 1. The maximum Gasteiger partial charge on any atom is 0.243 e. The maximum atomic E-state index is 12.7. The van der Waals surface area contributed by atoms with Gasteiger partial charge in [0.15, 0.2) is 5.11 Å². The third-order valence-electron chi connectivity index (χ3n) is 4.34. The molecule has 0 spiro atoms. The van der Waals surface area contributed by atoms with Crippen LogP contribution in [0.1, 0.15) is 6.92 Å². The standard InChI is InChI=1S/C19H23N3O3S2/c1-2-25-18-11-7-6-10-17(18)20-19(26)21-12-14-22(15-13-21)27(23,24)16-8-4-3-5-9-16/h3-11H,2,12-15H2,1H3,(H,20,26). The normalized spacial score (nSPS) is 15.4. The molecule has 3 rings (SSSR count). The van der Waals surface area contributed by atoms with Crippen LogP contribution in [0.3, 0.4) is 0 Å². The monoisotopic (exact) mass is 405 g/mol. The Bertz CT molecular complexity index is 880. The third kappa shape index (κ3) is 4.58. The molecule has 0 aliphatic carbocycles. The van der Waals surface area contributed by atoms with Gasteiger partial charge in [-0.2, -0.15) is 4.31 Å². The first-order chi connectivity index (χ1) is 13.0. The van der Waals surface area contributed by atoms with Gasteiger partial charge in [-0.15, -0.1) is 0 Å². The summed E-state index contributed by atoms with van der Waals surface area (Å²) in [5.41, 5.74) is 0.809. The van der Waals surface area contributed by atoms with Gasteiger partial charge in [-0.25, -0.2) is 8.42 Å². The van der Waals surface area contributed by atoms with E-state index in [0.717, 1.165) is 11.4 Å². The SMILES string of the molecule is CCOc1ccccc1NC(=S)N1CCN(S(=O)(=O)c2ccccc2)CC1. The molecule has 0 saturated carbocycles. The molecule has 1 heterocycles. The number of sulfonamides is 1. The minimum atomic E-state index is -3.46. The van der Waals surface area contributed by atoms with Gasteiger partial charge >= 0.3 is 0 Å². The molecular formula is C19H23N3O3S2. The first-order valence-electron chi connectivity index (χ1n) is 8.85. The quantitative estimate of drug-likeness (QED) is 0.772. The van der Waals surface area contributed by atoms with Crippen LogP contribution in [0.4, 0.5) is 5.69 Å². The van der Waals surface area contributed by atoms with Gasteiger partial charge in [-0.1, -0.05) is 30.3 Å². The van der Waals surface area contributed by atoms with Crippen molar-refractivity contribution in [2.75, 3.05) is 38.1 Å². The zero-order valence-corrected chi connectivity index (χ0v) is 16.8. The molecule has 1 saturated heterocycles. The number of benzene rings is 2. The molecule has 0 atom stereocenters. The van der Waals surface area contributed by atoms with Crippen LogP contribution >= 0.6 is 12.2 Å². The first kappa shape index (κ1) is 19.6. The van der Waals surface area contributed by atoms with Gasteiger partial charge in [0.2, 0.25) is 10.0 Å². The van der Waals surface area contributed by atoms with E-state index >= 15 is 0 Å². The van der Waals surface area contributed by atoms with Crippen molar-refractivity contribution in [2.24, 2.45) is 0 Å². The Morgan fingerprint density at radius 1 is 1.04 bits per heavy atom. The number of anilines is 1. The predicted octanol–water partition coefficient (Wildman–Crippen LogP) is 2.79. The second-order valence-corrected chi connectivity index (χ2v) is 8.39. The zero-order valence-electron chi connectivity index (χ0n) is 15.2. The molecule has 1 aliphatic heterocycles. The zero-order chi connectivity index (χ0) is 19.3. The fourth-order valence-electron chi connectivity index (χ4n) is 2.92. The Kier molecular flexibility index (Phi) is 6.30. The second-order valence-electron chi connectivity index (χ2n) is 6.06. The number of hydrogen-bond acceptors (Lipinski definition) is 4. The minimum absolute atomic E-state index is 0.324. The number of rotatable bonds is 5. The summed E-state index contributed by atoms with van der Waals surface area (Å²) < 4.78 is 32.5. The second kappa shape index (κ2) is 8.69. The Balaban J connectivity index is 1.62. The van der Waals surface area contributed by atoms with Crippen LogP contribution in [-0.4, -0.2) is 55.5 Å². The van der Waals surface area contributed by atoms with Crippen molar-refractivity contribution < 1.29 is 13.2 Å². The highest BCUT2D eigenvalue weighted by atomic mass is 32.2. The lowest BCUT2D eigenvalue weighted by atomic mass is 10.3. The van der Waals surface area contributed by atoms with Gasteiger partial charge in [-0.3, -0.25) is 0 Å². The average Bonchev–Trinajstić information content (AvgIpc) is 2.70. The summed E-state index contributed by atoms with van der Waals surface area (Å²) in [6.45, 7) is 4.37. The summed E-state index contributed by atoms with van der Waals surface area (Å²) in [4.78, 5) is 2.31. The lowest BCUT2D eigenvalue weighted by Crippen LogP contribution is -2.51. The molecule has 0 amide bonds. The first-order valence-corrected chi connectivity index (χ1v) is 10.7. The van der Waals surface area contributed by atoms with Crippen LogP contribution in [0.25, 0.3) is 0 Å². The van der Waals surface area contributed by atoms with E-state index in [1.54, 1.807) is 30.3 Å². The van der Waals surface area contributed by atoms with E-state index in [1.165, 1.54) is 4.31 Å². The molecule has 0 unspecified atom stereocenters. The average molecular weight is 406 g/mol. The summed E-state index contributed by atoms with van der Waals surface area (Å²) in [6, 6.07) is 16.1. The Morgan fingerprint density at radius 3 is 2.33 bits per heavy atom. The van der Waals surface area contributed by atoms with Crippen molar-refractivity contribution in [3.05, 3.63) is 54.6 Å². The maximum absolute atomic E-state index is 12.7. The molecule has 0 aromatic heterocycles. The van der Waals surface area contributed by atoms with Crippen molar-refractivity contribution >= 4 is 33.0 Å². The molecule has 2 aromatic rings. The summed E-state index contributed by atoms with van der Waals surface area (Å²) in [5.74, 6) is 0.743. The molecule has 0 radical (unpaired) electrons. The van der Waals surface area contributed by atoms with Gasteiger partial charge in [-0.05, 0) is 43.4 Å². The molecule has 2 aromatic carbocycles. The van der Waals surface area contributed by atoms with Gasteiger partial charge in [0.25, 0.3) is 0 Å². The van der Waals surface area contributed by atoms with Crippen LogP contribution in [0.2, 0.25) is 0 Å². The van der Waals surface area contributed by atoms with Crippen molar-refractivity contribution in [1.29, 1.82) is 0 Å². The number of para-hydroxylation sites is 2. The van der Waals surface area contributed by atoms with E-state index in [4.69, 9.17) is 17.0 Å². The smallest absolute Gasteiger partial charge is 0.243 e. The van der Waals surface area contributed by atoms with Crippen LogP contribution in [0, 0.1) is 0 Å². The van der Waals surface area contributed by atoms with E-state index in [1.807, 2.05) is 36.1 Å². The highest BCUT2D eigenvalue weighted by Gasteiger charge is 2.29. The Morgan fingerprint density at radius 2 is 1.67 bits per heavy atom. The van der Waals surface area contributed by atoms with E-state index in [2.05, 4.69) is 5.32 Å². The lowest BCUT2D eigenvalue weighted by Gasteiger charge is -2.35. The molecule has 6 nitrogen and oxygen atoms in total.